The van der Waals surface area contributed by atoms with Crippen LogP contribution in [0.1, 0.15) is 65.2 Å². The largest absolute Gasteiger partial charge is 0.255 e. The van der Waals surface area contributed by atoms with Gasteiger partial charge in [-0.2, -0.15) is 0 Å². The highest BCUT2D eigenvalue weighted by Gasteiger charge is 2.56. The molecule has 5 aromatic rings. The second-order valence-corrected chi connectivity index (χ2v) is 12.6. The second kappa shape index (κ2) is 9.69. The normalized spacial score (nSPS) is 16.4. The number of benzene rings is 2. The molecule has 3 aromatic heterocycles. The van der Waals surface area contributed by atoms with Gasteiger partial charge in [0.1, 0.15) is 5.69 Å². The van der Waals surface area contributed by atoms with Gasteiger partial charge < -0.3 is 0 Å². The van der Waals surface area contributed by atoms with Crippen molar-refractivity contribution in [2.24, 2.45) is 5.41 Å². The molecule has 0 saturated carbocycles. The Bertz CT molecular complexity index is 1660. The van der Waals surface area contributed by atoms with Crippen molar-refractivity contribution in [1.82, 2.24) is 24.9 Å². The molecule has 0 bridgehead atoms. The molecule has 0 fully saturated rings. The van der Waals surface area contributed by atoms with Crippen molar-refractivity contribution >= 4 is 0 Å². The maximum Gasteiger partial charge on any atom is 0.182 e. The molecule has 5 nitrogen and oxygen atoms in total. The molecule has 1 aliphatic rings. The molecule has 0 radical (unpaired) electrons. The predicted octanol–water partition coefficient (Wildman–Crippen LogP) is 8.49. The van der Waals surface area contributed by atoms with Gasteiger partial charge in [-0.3, -0.25) is 9.97 Å². The number of aryl methyl sites for hydroxylation is 1. The number of hydrogen-bond acceptors (Lipinski definition) is 5. The van der Waals surface area contributed by atoms with Gasteiger partial charge in [0.05, 0.1) is 5.69 Å². The second-order valence-electron chi connectivity index (χ2n) is 12.6. The summed E-state index contributed by atoms with van der Waals surface area (Å²) in [4.78, 5) is 23.9. The minimum absolute atomic E-state index is 0.0351. The van der Waals surface area contributed by atoms with E-state index in [-0.39, 0.29) is 16.2 Å². The molecule has 6 rings (SSSR count). The van der Waals surface area contributed by atoms with Gasteiger partial charge in [0.15, 0.2) is 17.5 Å². The van der Waals surface area contributed by atoms with Crippen molar-refractivity contribution in [1.29, 1.82) is 0 Å². The quantitative estimate of drug-likeness (QED) is 0.224. The molecule has 3 heterocycles. The molecule has 41 heavy (non-hydrogen) atoms. The zero-order valence-corrected chi connectivity index (χ0v) is 25.0. The molecule has 0 aliphatic heterocycles. The molecule has 0 N–H and O–H groups in total. The SMILES string of the molecule is CCc1cc2c(cc1-c1ccc(-c3nc(-c4ccccc4)nc(-c4ccccn4)n3)cn1)C(C)(C)C(C)(C)C2(C)C. The van der Waals surface area contributed by atoms with Crippen LogP contribution >= 0.6 is 0 Å². The number of aromatic nitrogens is 5. The van der Waals surface area contributed by atoms with E-state index in [1.807, 2.05) is 54.7 Å². The molecule has 2 aromatic carbocycles. The summed E-state index contributed by atoms with van der Waals surface area (Å²) in [5.41, 5.74) is 9.09. The van der Waals surface area contributed by atoms with E-state index in [1.165, 1.54) is 22.3 Å². The third-order valence-electron chi connectivity index (χ3n) is 9.95. The summed E-state index contributed by atoms with van der Waals surface area (Å²) < 4.78 is 0. The van der Waals surface area contributed by atoms with Crippen LogP contribution in [-0.2, 0) is 17.3 Å². The third-order valence-corrected chi connectivity index (χ3v) is 9.95. The van der Waals surface area contributed by atoms with Crippen LogP contribution in [0, 0.1) is 5.41 Å². The van der Waals surface area contributed by atoms with Crippen molar-refractivity contribution in [2.45, 2.75) is 65.7 Å². The first kappa shape index (κ1) is 26.9. The molecular weight excluding hydrogens is 502 g/mol. The Hall–Kier alpha value is -4.25. The first-order valence-corrected chi connectivity index (χ1v) is 14.4. The van der Waals surface area contributed by atoms with Crippen LogP contribution in [0.25, 0.3) is 45.6 Å². The zero-order chi connectivity index (χ0) is 29.0. The molecule has 0 atom stereocenters. The topological polar surface area (TPSA) is 64.5 Å². The maximum atomic E-state index is 4.97. The summed E-state index contributed by atoms with van der Waals surface area (Å²) in [5, 5.41) is 0. The third kappa shape index (κ3) is 4.26. The number of pyridine rings is 2. The Balaban J connectivity index is 1.44. The van der Waals surface area contributed by atoms with Crippen LogP contribution in [0.3, 0.4) is 0 Å². The van der Waals surface area contributed by atoms with E-state index < -0.39 is 0 Å². The smallest absolute Gasteiger partial charge is 0.182 e. The molecule has 206 valence electrons. The first-order valence-electron chi connectivity index (χ1n) is 14.4. The van der Waals surface area contributed by atoms with E-state index in [1.54, 1.807) is 6.20 Å². The van der Waals surface area contributed by atoms with Crippen LogP contribution in [0.15, 0.2) is 85.2 Å². The lowest BCUT2D eigenvalue weighted by Gasteiger charge is -2.44. The predicted molar refractivity (Wildman–Crippen MR) is 166 cm³/mol. The van der Waals surface area contributed by atoms with E-state index >= 15 is 0 Å². The lowest BCUT2D eigenvalue weighted by Crippen LogP contribution is -2.42. The van der Waals surface area contributed by atoms with Gasteiger partial charge in [0.25, 0.3) is 0 Å². The summed E-state index contributed by atoms with van der Waals surface area (Å²) >= 11 is 0. The monoisotopic (exact) mass is 539 g/mol. The number of rotatable bonds is 5. The fourth-order valence-corrected chi connectivity index (χ4v) is 6.18. The van der Waals surface area contributed by atoms with Crippen LogP contribution in [0.4, 0.5) is 0 Å². The maximum absolute atomic E-state index is 4.97. The summed E-state index contributed by atoms with van der Waals surface area (Å²) in [6, 6.07) is 24.7. The van der Waals surface area contributed by atoms with Gasteiger partial charge in [0.2, 0.25) is 0 Å². The Labute approximate surface area is 243 Å². The van der Waals surface area contributed by atoms with Crippen molar-refractivity contribution < 1.29 is 0 Å². The highest BCUT2D eigenvalue weighted by molar-refractivity contribution is 5.71. The van der Waals surface area contributed by atoms with E-state index in [2.05, 4.69) is 77.7 Å². The van der Waals surface area contributed by atoms with Crippen LogP contribution in [-0.4, -0.2) is 24.9 Å². The van der Waals surface area contributed by atoms with Gasteiger partial charge in [-0.15, -0.1) is 0 Å². The summed E-state index contributed by atoms with van der Waals surface area (Å²) in [6.07, 6.45) is 4.58. The zero-order valence-electron chi connectivity index (χ0n) is 25.0. The van der Waals surface area contributed by atoms with E-state index in [0.717, 1.165) is 23.2 Å². The highest BCUT2D eigenvalue weighted by atomic mass is 15.0. The Morgan fingerprint density at radius 3 is 1.83 bits per heavy atom. The average molecular weight is 540 g/mol. The van der Waals surface area contributed by atoms with Crippen LogP contribution in [0.2, 0.25) is 0 Å². The van der Waals surface area contributed by atoms with Crippen molar-refractivity contribution in [3.63, 3.8) is 0 Å². The lowest BCUT2D eigenvalue weighted by molar-refractivity contribution is 0.125. The van der Waals surface area contributed by atoms with Crippen molar-refractivity contribution in [2.75, 3.05) is 0 Å². The standard InChI is InChI=1S/C36H37N5/c1-8-23-20-27-28(35(4,5)36(6,7)34(27,2)3)21-26(23)29-18-17-25(22-38-29)32-39-31(24-14-10-9-11-15-24)40-33(41-32)30-16-12-13-19-37-30/h9-22H,8H2,1-7H3. The lowest BCUT2D eigenvalue weighted by atomic mass is 9.59. The Morgan fingerprint density at radius 1 is 0.585 bits per heavy atom. The van der Waals surface area contributed by atoms with Gasteiger partial charge in [-0.1, -0.05) is 90.9 Å². The highest BCUT2D eigenvalue weighted by Crippen LogP contribution is 2.62. The molecule has 0 saturated heterocycles. The summed E-state index contributed by atoms with van der Waals surface area (Å²) in [6.45, 7) is 16.6. The molecule has 1 aliphatic carbocycles. The average Bonchev–Trinajstić information content (AvgIpc) is 3.10. The van der Waals surface area contributed by atoms with Gasteiger partial charge in [0, 0.05) is 29.1 Å². The van der Waals surface area contributed by atoms with Crippen LogP contribution < -0.4 is 0 Å². The molecule has 5 heteroatoms. The van der Waals surface area contributed by atoms with Gasteiger partial charge in [-0.25, -0.2) is 15.0 Å². The number of fused-ring (bicyclic) bond motifs is 1. The van der Waals surface area contributed by atoms with E-state index in [0.29, 0.717) is 23.2 Å². The number of nitrogens with zero attached hydrogens (tertiary/aromatic N) is 5. The first-order chi connectivity index (χ1) is 19.5. The minimum Gasteiger partial charge on any atom is -0.255 e. The Kier molecular flexibility index (Phi) is 6.37. The van der Waals surface area contributed by atoms with Crippen molar-refractivity contribution in [3.05, 3.63) is 102 Å². The Morgan fingerprint density at radius 2 is 1.22 bits per heavy atom. The molecule has 0 amide bonds. The van der Waals surface area contributed by atoms with Crippen LogP contribution in [0.5, 0.6) is 0 Å². The fourth-order valence-electron chi connectivity index (χ4n) is 6.18. The summed E-state index contributed by atoms with van der Waals surface area (Å²) in [5.74, 6) is 1.73. The summed E-state index contributed by atoms with van der Waals surface area (Å²) in [7, 11) is 0. The van der Waals surface area contributed by atoms with Gasteiger partial charge >= 0.3 is 0 Å². The fraction of sp³-hybridized carbons (Fsp3) is 0.306. The molecular formula is C36H37N5. The minimum atomic E-state index is 0.0351. The van der Waals surface area contributed by atoms with Crippen molar-refractivity contribution in [3.8, 4) is 45.6 Å². The number of hydrogen-bond donors (Lipinski definition) is 0. The molecule has 0 unspecified atom stereocenters. The van der Waals surface area contributed by atoms with E-state index in [4.69, 9.17) is 19.9 Å². The molecule has 0 spiro atoms. The van der Waals surface area contributed by atoms with E-state index in [9.17, 15) is 0 Å². The van der Waals surface area contributed by atoms with Gasteiger partial charge in [-0.05, 0) is 69.7 Å².